The molecule has 29 heavy (non-hydrogen) atoms. The molecule has 146 valence electrons. The molecule has 0 amide bonds. The van der Waals surface area contributed by atoms with Gasteiger partial charge in [-0.3, -0.25) is 4.98 Å². The molecular weight excluding hydrogens is 409 g/mol. The largest absolute Gasteiger partial charge is 0.493 e. The first-order chi connectivity index (χ1) is 14.2. The van der Waals surface area contributed by atoms with Crippen molar-refractivity contribution < 1.29 is 9.47 Å². The number of rotatable bonds is 6. The van der Waals surface area contributed by atoms with Crippen LogP contribution < -0.4 is 9.47 Å². The number of pyridine rings is 1. The highest BCUT2D eigenvalue weighted by molar-refractivity contribution is 6.35. The second-order valence-electron chi connectivity index (χ2n) is 6.38. The number of nitrogens with zero attached hydrogens (tertiary/aromatic N) is 3. The molecule has 5 nitrogen and oxygen atoms in total. The molecule has 0 unspecified atom stereocenters. The first-order valence-corrected chi connectivity index (χ1v) is 9.69. The maximum Gasteiger partial charge on any atom is 0.171 e. The Balaban J connectivity index is 1.75. The summed E-state index contributed by atoms with van der Waals surface area (Å²) >= 11 is 12.6. The summed E-state index contributed by atoms with van der Waals surface area (Å²) in [5.74, 6) is 1.25. The van der Waals surface area contributed by atoms with Crippen molar-refractivity contribution in [3.8, 4) is 11.5 Å². The smallest absolute Gasteiger partial charge is 0.171 e. The number of hydrogen-bond acceptors (Lipinski definition) is 5. The molecule has 2 aromatic carbocycles. The van der Waals surface area contributed by atoms with Gasteiger partial charge in [0.05, 0.1) is 29.0 Å². The lowest BCUT2D eigenvalue weighted by atomic mass is 10.0. The molecule has 0 fully saturated rings. The molecule has 4 aromatic rings. The third-order valence-electron chi connectivity index (χ3n) is 4.58. The number of methoxy groups -OCH3 is 1. The predicted octanol–water partition coefficient (Wildman–Crippen LogP) is 5.51. The SMILES string of the molecule is COc1ccc2c(Cc3c(Cl)cncc3Cl)nncc2c1OCc1ccccc1. The zero-order valence-corrected chi connectivity index (χ0v) is 17.1. The molecule has 0 aliphatic carbocycles. The Kier molecular flexibility index (Phi) is 5.79. The van der Waals surface area contributed by atoms with Crippen molar-refractivity contribution in [2.45, 2.75) is 13.0 Å². The van der Waals surface area contributed by atoms with E-state index in [1.165, 1.54) is 0 Å². The number of fused-ring (bicyclic) bond motifs is 1. The predicted molar refractivity (Wildman–Crippen MR) is 114 cm³/mol. The lowest BCUT2D eigenvalue weighted by molar-refractivity contribution is 0.288. The van der Waals surface area contributed by atoms with Gasteiger partial charge in [0.1, 0.15) is 6.61 Å². The van der Waals surface area contributed by atoms with E-state index in [1.54, 1.807) is 25.7 Å². The monoisotopic (exact) mass is 425 g/mol. The van der Waals surface area contributed by atoms with Gasteiger partial charge in [0.15, 0.2) is 11.5 Å². The third kappa shape index (κ3) is 4.11. The molecule has 0 bridgehead atoms. The van der Waals surface area contributed by atoms with Gasteiger partial charge in [-0.25, -0.2) is 0 Å². The molecule has 0 aliphatic rings. The van der Waals surface area contributed by atoms with Crippen LogP contribution in [0.2, 0.25) is 10.0 Å². The maximum absolute atomic E-state index is 6.29. The highest BCUT2D eigenvalue weighted by Crippen LogP contribution is 2.37. The summed E-state index contributed by atoms with van der Waals surface area (Å²) in [7, 11) is 1.61. The molecule has 4 rings (SSSR count). The van der Waals surface area contributed by atoms with Crippen LogP contribution in [0.3, 0.4) is 0 Å². The van der Waals surface area contributed by atoms with E-state index in [9.17, 15) is 0 Å². The van der Waals surface area contributed by atoms with Crippen LogP contribution in [0.4, 0.5) is 0 Å². The summed E-state index contributed by atoms with van der Waals surface area (Å²) in [5.41, 5.74) is 2.56. The van der Waals surface area contributed by atoms with E-state index in [0.717, 1.165) is 27.6 Å². The van der Waals surface area contributed by atoms with Gasteiger partial charge < -0.3 is 9.47 Å². The molecule has 0 saturated carbocycles. The summed E-state index contributed by atoms with van der Waals surface area (Å²) in [5, 5.41) is 11.2. The zero-order valence-electron chi connectivity index (χ0n) is 15.6. The van der Waals surface area contributed by atoms with E-state index in [4.69, 9.17) is 32.7 Å². The first-order valence-electron chi connectivity index (χ1n) is 8.93. The second kappa shape index (κ2) is 8.64. The third-order valence-corrected chi connectivity index (χ3v) is 5.23. The summed E-state index contributed by atoms with van der Waals surface area (Å²) in [6.45, 7) is 0.413. The topological polar surface area (TPSA) is 57.1 Å². The molecule has 0 aliphatic heterocycles. The minimum absolute atomic E-state index is 0.413. The second-order valence-corrected chi connectivity index (χ2v) is 7.20. The fourth-order valence-corrected chi connectivity index (χ4v) is 3.61. The molecule has 0 saturated heterocycles. The van der Waals surface area contributed by atoms with Gasteiger partial charge in [0.2, 0.25) is 0 Å². The summed E-state index contributed by atoms with van der Waals surface area (Å²) in [6, 6.07) is 13.8. The number of ether oxygens (including phenoxy) is 2. The van der Waals surface area contributed by atoms with Crippen LogP contribution in [0.15, 0.2) is 61.1 Å². The van der Waals surface area contributed by atoms with Crippen LogP contribution in [0.25, 0.3) is 10.8 Å². The molecule has 0 radical (unpaired) electrons. The van der Waals surface area contributed by atoms with Gasteiger partial charge in [-0.2, -0.15) is 10.2 Å². The lowest BCUT2D eigenvalue weighted by Gasteiger charge is -2.15. The molecule has 7 heteroatoms. The standard InChI is InChI=1S/C22H17Cl2N3O2/c1-28-21-8-7-15-17(22(21)29-13-14-5-3-2-4-6-14)10-26-27-20(15)9-16-18(23)11-25-12-19(16)24/h2-8,10-12H,9,13H2,1H3. The molecular formula is C22H17Cl2N3O2. The fraction of sp³-hybridized carbons (Fsp3) is 0.136. The average Bonchev–Trinajstić information content (AvgIpc) is 2.75. The first kappa shape index (κ1) is 19.4. The van der Waals surface area contributed by atoms with Crippen molar-refractivity contribution in [3.63, 3.8) is 0 Å². The van der Waals surface area contributed by atoms with Crippen molar-refractivity contribution >= 4 is 34.0 Å². The molecule has 0 spiro atoms. The van der Waals surface area contributed by atoms with Gasteiger partial charge in [-0.05, 0) is 23.3 Å². The fourth-order valence-electron chi connectivity index (χ4n) is 3.11. The van der Waals surface area contributed by atoms with Crippen molar-refractivity contribution in [3.05, 3.63) is 87.9 Å². The minimum Gasteiger partial charge on any atom is -0.493 e. The van der Waals surface area contributed by atoms with Gasteiger partial charge in [-0.1, -0.05) is 53.5 Å². The molecule has 0 atom stereocenters. The van der Waals surface area contributed by atoms with Crippen molar-refractivity contribution in [2.24, 2.45) is 0 Å². The Hall–Kier alpha value is -2.89. The summed E-state index contributed by atoms with van der Waals surface area (Å²) < 4.78 is 11.6. The Morgan fingerprint density at radius 3 is 2.38 bits per heavy atom. The van der Waals surface area contributed by atoms with Crippen LogP contribution in [0.5, 0.6) is 11.5 Å². The van der Waals surface area contributed by atoms with E-state index in [1.807, 2.05) is 42.5 Å². The Morgan fingerprint density at radius 2 is 1.66 bits per heavy atom. The number of benzene rings is 2. The Labute approximate surface area is 178 Å². The van der Waals surface area contributed by atoms with Gasteiger partial charge in [-0.15, -0.1) is 0 Å². The normalized spacial score (nSPS) is 10.9. The number of aromatic nitrogens is 3. The van der Waals surface area contributed by atoms with E-state index in [2.05, 4.69) is 15.2 Å². The minimum atomic E-state index is 0.413. The van der Waals surface area contributed by atoms with Gasteiger partial charge in [0.25, 0.3) is 0 Å². The highest BCUT2D eigenvalue weighted by Gasteiger charge is 2.16. The molecule has 2 heterocycles. The quantitative estimate of drug-likeness (QED) is 0.407. The van der Waals surface area contributed by atoms with Crippen molar-refractivity contribution in [1.29, 1.82) is 0 Å². The zero-order chi connectivity index (χ0) is 20.2. The van der Waals surface area contributed by atoms with Gasteiger partial charge in [0, 0.05) is 29.6 Å². The van der Waals surface area contributed by atoms with Crippen LogP contribution >= 0.6 is 23.2 Å². The van der Waals surface area contributed by atoms with E-state index >= 15 is 0 Å². The van der Waals surface area contributed by atoms with Gasteiger partial charge >= 0.3 is 0 Å². The molecule has 2 aromatic heterocycles. The maximum atomic E-state index is 6.29. The van der Waals surface area contributed by atoms with Crippen LogP contribution in [0, 0.1) is 0 Å². The summed E-state index contributed by atoms with van der Waals surface area (Å²) in [4.78, 5) is 4.00. The van der Waals surface area contributed by atoms with Crippen LogP contribution in [-0.2, 0) is 13.0 Å². The van der Waals surface area contributed by atoms with E-state index in [-0.39, 0.29) is 0 Å². The van der Waals surface area contributed by atoms with E-state index in [0.29, 0.717) is 34.6 Å². The van der Waals surface area contributed by atoms with Crippen LogP contribution in [0.1, 0.15) is 16.8 Å². The Bertz CT molecular complexity index is 1130. The van der Waals surface area contributed by atoms with Crippen LogP contribution in [-0.4, -0.2) is 22.3 Å². The summed E-state index contributed by atoms with van der Waals surface area (Å²) in [6.07, 6.45) is 5.24. The molecule has 0 N–H and O–H groups in total. The Morgan fingerprint density at radius 1 is 0.897 bits per heavy atom. The van der Waals surface area contributed by atoms with Crippen molar-refractivity contribution in [1.82, 2.24) is 15.2 Å². The lowest BCUT2D eigenvalue weighted by Crippen LogP contribution is -2.02. The average molecular weight is 426 g/mol. The van der Waals surface area contributed by atoms with E-state index < -0.39 is 0 Å². The van der Waals surface area contributed by atoms with Crippen molar-refractivity contribution in [2.75, 3.05) is 7.11 Å². The highest BCUT2D eigenvalue weighted by atomic mass is 35.5. The number of halogens is 2. The number of hydrogen-bond donors (Lipinski definition) is 0.